The Hall–Kier alpha value is -0.470. The average molecular weight is 166 g/mol. The van der Waals surface area contributed by atoms with Gasteiger partial charge in [0.1, 0.15) is 0 Å². The van der Waals surface area contributed by atoms with Crippen LogP contribution in [-0.2, 0) is 0 Å². The second kappa shape index (κ2) is 2.64. The van der Waals surface area contributed by atoms with Gasteiger partial charge in [-0.3, -0.25) is 0 Å². The molecule has 1 aliphatic heterocycles. The van der Waals surface area contributed by atoms with Crippen LogP contribution in [0.4, 0.5) is 0 Å². The molecule has 0 aromatic carbocycles. The quantitative estimate of drug-likeness (QED) is 0.569. The number of fused-ring (bicyclic) bond motifs is 1. The predicted octanol–water partition coefficient (Wildman–Crippen LogP) is 3.38. The number of hydrogen-bond acceptors (Lipinski definition) is 2. The van der Waals surface area contributed by atoms with Crippen molar-refractivity contribution in [2.24, 2.45) is 0 Å². The van der Waals surface area contributed by atoms with E-state index in [1.807, 2.05) is 0 Å². The van der Waals surface area contributed by atoms with Gasteiger partial charge >= 0.3 is 0 Å². The lowest BCUT2D eigenvalue weighted by Gasteiger charge is -1.88. The van der Waals surface area contributed by atoms with Crippen LogP contribution in [0.1, 0.15) is 4.88 Å². The summed E-state index contributed by atoms with van der Waals surface area (Å²) in [5.74, 6) is 0. The van der Waals surface area contributed by atoms with Gasteiger partial charge in [-0.05, 0) is 22.9 Å². The van der Waals surface area contributed by atoms with E-state index in [-0.39, 0.29) is 0 Å². The third kappa shape index (κ3) is 1.04. The second-order valence-electron chi connectivity index (χ2n) is 1.95. The van der Waals surface area contributed by atoms with Crippen LogP contribution in [0.3, 0.4) is 0 Å². The SMILES string of the molecule is C1=CSc2ccsc2C=C1. The third-order valence-electron chi connectivity index (χ3n) is 1.29. The van der Waals surface area contributed by atoms with E-state index in [9.17, 15) is 0 Å². The highest BCUT2D eigenvalue weighted by molar-refractivity contribution is 8.02. The molecule has 0 aliphatic carbocycles. The summed E-state index contributed by atoms with van der Waals surface area (Å²) >= 11 is 3.57. The Labute approximate surface area is 68.3 Å². The molecule has 0 nitrogen and oxygen atoms in total. The Kier molecular flexibility index (Phi) is 1.65. The maximum atomic E-state index is 2.16. The molecular formula is C8H6S2. The highest BCUT2D eigenvalue weighted by Crippen LogP contribution is 2.30. The van der Waals surface area contributed by atoms with E-state index >= 15 is 0 Å². The normalized spacial score (nSPS) is 14.8. The van der Waals surface area contributed by atoms with Crippen LogP contribution in [0.15, 0.2) is 33.9 Å². The minimum Gasteiger partial charge on any atom is -0.143 e. The van der Waals surface area contributed by atoms with E-state index in [0.717, 1.165) is 0 Å². The Bertz CT molecular complexity index is 281. The van der Waals surface area contributed by atoms with Crippen molar-refractivity contribution in [2.45, 2.75) is 4.90 Å². The largest absolute Gasteiger partial charge is 0.143 e. The molecule has 1 aliphatic rings. The van der Waals surface area contributed by atoms with Crippen LogP contribution in [0.5, 0.6) is 0 Å². The summed E-state index contributed by atoms with van der Waals surface area (Å²) in [4.78, 5) is 2.74. The van der Waals surface area contributed by atoms with Gasteiger partial charge in [0.05, 0.1) is 0 Å². The minimum absolute atomic E-state index is 1.37. The summed E-state index contributed by atoms with van der Waals surface area (Å²) in [6.45, 7) is 0. The van der Waals surface area contributed by atoms with Crippen LogP contribution in [0, 0.1) is 0 Å². The van der Waals surface area contributed by atoms with Crippen LogP contribution < -0.4 is 0 Å². The number of hydrogen-bond donors (Lipinski definition) is 0. The van der Waals surface area contributed by atoms with E-state index in [1.165, 1.54) is 9.77 Å². The summed E-state index contributed by atoms with van der Waals surface area (Å²) in [6.07, 6.45) is 6.29. The summed E-state index contributed by atoms with van der Waals surface area (Å²) < 4.78 is 0. The van der Waals surface area contributed by atoms with Gasteiger partial charge < -0.3 is 0 Å². The fraction of sp³-hybridized carbons (Fsp3) is 0. The van der Waals surface area contributed by atoms with Crippen molar-refractivity contribution < 1.29 is 0 Å². The first-order valence-corrected chi connectivity index (χ1v) is 4.80. The Balaban J connectivity index is 2.50. The topological polar surface area (TPSA) is 0 Å². The molecule has 2 heterocycles. The molecule has 0 saturated carbocycles. The molecule has 0 atom stereocenters. The second-order valence-corrected chi connectivity index (χ2v) is 3.85. The van der Waals surface area contributed by atoms with Crippen molar-refractivity contribution in [2.75, 3.05) is 0 Å². The molecule has 0 N–H and O–H groups in total. The maximum Gasteiger partial charge on any atom is 0.0409 e. The number of allylic oxidation sites excluding steroid dienone is 2. The lowest BCUT2D eigenvalue weighted by Crippen LogP contribution is -1.61. The van der Waals surface area contributed by atoms with Crippen LogP contribution in [0.2, 0.25) is 0 Å². The molecule has 0 amide bonds. The third-order valence-corrected chi connectivity index (χ3v) is 3.20. The molecule has 0 unspecified atom stereocenters. The van der Waals surface area contributed by atoms with Crippen molar-refractivity contribution in [1.82, 2.24) is 0 Å². The lowest BCUT2D eigenvalue weighted by atomic mass is 10.4. The molecule has 1 aromatic rings. The van der Waals surface area contributed by atoms with Crippen LogP contribution in [-0.4, -0.2) is 0 Å². The Morgan fingerprint density at radius 2 is 2.20 bits per heavy atom. The van der Waals surface area contributed by atoms with Crippen molar-refractivity contribution >= 4 is 29.2 Å². The van der Waals surface area contributed by atoms with Gasteiger partial charge in [-0.2, -0.15) is 0 Å². The molecule has 2 heteroatoms. The zero-order chi connectivity index (χ0) is 6.81. The summed E-state index contributed by atoms with van der Waals surface area (Å²) in [7, 11) is 0. The molecule has 0 radical (unpaired) electrons. The molecule has 0 saturated heterocycles. The minimum atomic E-state index is 1.37. The summed E-state index contributed by atoms with van der Waals surface area (Å²) in [5.41, 5.74) is 0. The number of thioether (sulfide) groups is 1. The van der Waals surface area contributed by atoms with Gasteiger partial charge in [0.2, 0.25) is 0 Å². The van der Waals surface area contributed by atoms with Crippen LogP contribution >= 0.6 is 23.1 Å². The van der Waals surface area contributed by atoms with E-state index in [2.05, 4.69) is 35.1 Å². The predicted molar refractivity (Wildman–Crippen MR) is 48.4 cm³/mol. The van der Waals surface area contributed by atoms with E-state index in [0.29, 0.717) is 0 Å². The average Bonchev–Trinajstić information content (AvgIpc) is 2.28. The molecule has 50 valence electrons. The molecule has 0 spiro atoms. The van der Waals surface area contributed by atoms with Gasteiger partial charge in [0.25, 0.3) is 0 Å². The summed E-state index contributed by atoms with van der Waals surface area (Å²) in [6, 6.07) is 2.16. The Morgan fingerprint density at radius 1 is 1.20 bits per heavy atom. The first-order chi connectivity index (χ1) is 4.97. The zero-order valence-corrected chi connectivity index (χ0v) is 6.91. The van der Waals surface area contributed by atoms with E-state index < -0.39 is 0 Å². The van der Waals surface area contributed by atoms with Crippen molar-refractivity contribution in [3.05, 3.63) is 33.9 Å². The van der Waals surface area contributed by atoms with Gasteiger partial charge in [-0.25, -0.2) is 0 Å². The zero-order valence-electron chi connectivity index (χ0n) is 5.28. The van der Waals surface area contributed by atoms with Gasteiger partial charge in [0, 0.05) is 9.77 Å². The molecule has 2 rings (SSSR count). The van der Waals surface area contributed by atoms with Gasteiger partial charge in [-0.1, -0.05) is 23.9 Å². The summed E-state index contributed by atoms with van der Waals surface area (Å²) in [5, 5.41) is 4.23. The Morgan fingerprint density at radius 3 is 3.20 bits per heavy atom. The highest BCUT2D eigenvalue weighted by atomic mass is 32.2. The highest BCUT2D eigenvalue weighted by Gasteiger charge is 2.00. The first-order valence-electron chi connectivity index (χ1n) is 3.04. The standard InChI is InChI=1S/C8H6S2/c1-2-5-9-8-4-6-10-7(8)3-1/h1-6H. The lowest BCUT2D eigenvalue weighted by molar-refractivity contribution is 1.57. The smallest absolute Gasteiger partial charge is 0.0409 e. The molecule has 10 heavy (non-hydrogen) atoms. The van der Waals surface area contributed by atoms with E-state index in [1.54, 1.807) is 23.1 Å². The van der Waals surface area contributed by atoms with Crippen molar-refractivity contribution in [3.8, 4) is 0 Å². The van der Waals surface area contributed by atoms with Gasteiger partial charge in [-0.15, -0.1) is 11.3 Å². The monoisotopic (exact) mass is 166 g/mol. The van der Waals surface area contributed by atoms with E-state index in [4.69, 9.17) is 0 Å². The van der Waals surface area contributed by atoms with Crippen molar-refractivity contribution in [3.63, 3.8) is 0 Å². The number of rotatable bonds is 0. The first kappa shape index (κ1) is 6.25. The molecule has 1 aromatic heterocycles. The van der Waals surface area contributed by atoms with Crippen molar-refractivity contribution in [1.29, 1.82) is 0 Å². The van der Waals surface area contributed by atoms with Gasteiger partial charge in [0.15, 0.2) is 0 Å². The molecule has 0 bridgehead atoms. The fourth-order valence-corrected chi connectivity index (χ4v) is 2.54. The number of thiophene rings is 1. The van der Waals surface area contributed by atoms with Crippen LogP contribution in [0.25, 0.3) is 6.08 Å². The molecule has 0 fully saturated rings. The maximum absolute atomic E-state index is 2.16. The molecular weight excluding hydrogens is 160 g/mol. The fourth-order valence-electron chi connectivity index (χ4n) is 0.829.